The highest BCUT2D eigenvalue weighted by molar-refractivity contribution is 6.34. The highest BCUT2D eigenvalue weighted by Crippen LogP contribution is 2.28. The molecule has 0 saturated carbocycles. The van der Waals surface area contributed by atoms with E-state index in [1.54, 1.807) is 6.26 Å². The van der Waals surface area contributed by atoms with Gasteiger partial charge in [0.2, 0.25) is 0 Å². The van der Waals surface area contributed by atoms with Crippen molar-refractivity contribution in [3.8, 4) is 0 Å². The first-order valence-corrected chi connectivity index (χ1v) is 5.37. The molecular weight excluding hydrogens is 222 g/mol. The molecular formula is C13H8ClNO. The molecule has 0 amide bonds. The molecule has 0 bridgehead atoms. The Hall–Kier alpha value is -1.76. The molecule has 78 valence electrons. The summed E-state index contributed by atoms with van der Waals surface area (Å²) in [5.74, 6) is 0. The maximum atomic E-state index is 6.12. The van der Waals surface area contributed by atoms with E-state index in [4.69, 9.17) is 16.0 Å². The molecule has 2 nitrogen and oxygen atoms in total. The Balaban J connectivity index is 2.21. The van der Waals surface area contributed by atoms with Gasteiger partial charge in [0.15, 0.2) is 5.58 Å². The fourth-order valence-electron chi connectivity index (χ4n) is 1.71. The molecule has 0 aliphatic heterocycles. The van der Waals surface area contributed by atoms with Crippen molar-refractivity contribution >= 4 is 28.3 Å². The largest absolute Gasteiger partial charge is 0.461 e. The molecule has 2 aromatic rings. The van der Waals surface area contributed by atoms with Crippen molar-refractivity contribution in [3.63, 3.8) is 0 Å². The Kier molecular flexibility index (Phi) is 2.17. The smallest absolute Gasteiger partial charge is 0.170 e. The molecule has 2 aromatic heterocycles. The number of hydrogen-bond donors (Lipinski definition) is 0. The fourth-order valence-corrected chi connectivity index (χ4v) is 1.96. The Morgan fingerprint density at radius 3 is 3.19 bits per heavy atom. The van der Waals surface area contributed by atoms with Gasteiger partial charge in [0.05, 0.1) is 17.0 Å². The van der Waals surface area contributed by atoms with E-state index in [-0.39, 0.29) is 0 Å². The van der Waals surface area contributed by atoms with Crippen LogP contribution in [-0.4, -0.2) is 4.98 Å². The summed E-state index contributed by atoms with van der Waals surface area (Å²) in [7, 11) is 0. The quantitative estimate of drug-likeness (QED) is 0.692. The summed E-state index contributed by atoms with van der Waals surface area (Å²) in [6.45, 7) is 0. The van der Waals surface area contributed by atoms with E-state index >= 15 is 0 Å². The van der Waals surface area contributed by atoms with E-state index in [1.807, 2.05) is 24.3 Å². The minimum absolute atomic E-state index is 0.592. The van der Waals surface area contributed by atoms with Gasteiger partial charge in [-0.3, -0.25) is 0 Å². The highest BCUT2D eigenvalue weighted by atomic mass is 35.5. The molecule has 0 radical (unpaired) electrons. The van der Waals surface area contributed by atoms with Gasteiger partial charge in [0.1, 0.15) is 5.52 Å². The number of hydrogen-bond acceptors (Lipinski definition) is 2. The van der Waals surface area contributed by atoms with E-state index in [0.29, 0.717) is 10.6 Å². The molecule has 3 rings (SSSR count). The Labute approximate surface area is 97.5 Å². The molecule has 1 aliphatic rings. The number of rotatable bonds is 1. The lowest BCUT2D eigenvalue weighted by Crippen LogP contribution is -1.89. The molecule has 0 atom stereocenters. The van der Waals surface area contributed by atoms with Crippen molar-refractivity contribution in [1.29, 1.82) is 0 Å². The number of allylic oxidation sites excluding steroid dienone is 3. The summed E-state index contributed by atoms with van der Waals surface area (Å²) in [5.41, 5.74) is 6.51. The molecule has 2 heterocycles. The minimum atomic E-state index is 0.592. The third-order valence-corrected chi connectivity index (χ3v) is 2.77. The number of pyridine rings is 1. The van der Waals surface area contributed by atoms with E-state index < -0.39 is 0 Å². The number of nitrogens with zero attached hydrogens (tertiary/aromatic N) is 1. The predicted molar refractivity (Wildman–Crippen MR) is 64.3 cm³/mol. The van der Waals surface area contributed by atoms with Crippen molar-refractivity contribution in [2.45, 2.75) is 6.42 Å². The zero-order chi connectivity index (χ0) is 11.0. The van der Waals surface area contributed by atoms with Crippen molar-refractivity contribution < 1.29 is 4.42 Å². The Bertz CT molecular complexity index is 645. The molecule has 1 aliphatic carbocycles. The van der Waals surface area contributed by atoms with Crippen LogP contribution in [0.1, 0.15) is 12.1 Å². The monoisotopic (exact) mass is 229 g/mol. The maximum Gasteiger partial charge on any atom is 0.170 e. The Morgan fingerprint density at radius 2 is 2.38 bits per heavy atom. The normalized spacial score (nSPS) is 14.4. The highest BCUT2D eigenvalue weighted by Gasteiger charge is 2.09. The van der Waals surface area contributed by atoms with Gasteiger partial charge < -0.3 is 4.42 Å². The summed E-state index contributed by atoms with van der Waals surface area (Å²) in [6, 6.07) is 3.64. The summed E-state index contributed by atoms with van der Waals surface area (Å²) < 4.78 is 5.25. The molecule has 0 fully saturated rings. The lowest BCUT2D eigenvalue weighted by molar-refractivity contribution is 0.615. The van der Waals surface area contributed by atoms with Gasteiger partial charge in [-0.2, -0.15) is 0 Å². The summed E-state index contributed by atoms with van der Waals surface area (Å²) in [5, 5.41) is 0.592. The summed E-state index contributed by atoms with van der Waals surface area (Å²) in [4.78, 5) is 4.49. The number of halogens is 1. The van der Waals surface area contributed by atoms with Gasteiger partial charge in [-0.25, -0.2) is 4.98 Å². The maximum absolute atomic E-state index is 6.12. The second-order valence-electron chi connectivity index (χ2n) is 3.55. The van der Waals surface area contributed by atoms with E-state index in [1.165, 1.54) is 0 Å². The van der Waals surface area contributed by atoms with Crippen LogP contribution in [0.5, 0.6) is 0 Å². The third-order valence-electron chi connectivity index (χ3n) is 2.49. The van der Waals surface area contributed by atoms with Crippen LogP contribution < -0.4 is 0 Å². The molecule has 0 aromatic carbocycles. The first kappa shape index (κ1) is 9.46. The zero-order valence-electron chi connectivity index (χ0n) is 8.40. The molecule has 3 heteroatoms. The van der Waals surface area contributed by atoms with Gasteiger partial charge in [-0.15, -0.1) is 5.73 Å². The lowest BCUT2D eigenvalue weighted by atomic mass is 10.1. The second-order valence-corrected chi connectivity index (χ2v) is 3.95. The molecule has 0 saturated heterocycles. The summed E-state index contributed by atoms with van der Waals surface area (Å²) in [6.07, 6.45) is 8.36. The van der Waals surface area contributed by atoms with Crippen LogP contribution >= 0.6 is 11.6 Å². The van der Waals surface area contributed by atoms with Crippen LogP contribution in [0.2, 0.25) is 5.02 Å². The second kappa shape index (κ2) is 3.67. The number of fused-ring (bicyclic) bond motifs is 1. The molecule has 0 spiro atoms. The van der Waals surface area contributed by atoms with E-state index in [9.17, 15) is 0 Å². The van der Waals surface area contributed by atoms with Gasteiger partial charge >= 0.3 is 0 Å². The van der Waals surface area contributed by atoms with E-state index in [0.717, 1.165) is 23.2 Å². The SMILES string of the molecule is Clc1cc(C2=C=CC=CC2)nc2ccoc12. The number of aromatic nitrogens is 1. The van der Waals surface area contributed by atoms with Gasteiger partial charge in [0, 0.05) is 18.1 Å². The summed E-state index contributed by atoms with van der Waals surface area (Å²) >= 11 is 6.12. The van der Waals surface area contributed by atoms with Crippen LogP contribution in [0.3, 0.4) is 0 Å². The van der Waals surface area contributed by atoms with Crippen LogP contribution in [0.15, 0.2) is 46.8 Å². The molecule has 0 N–H and O–H groups in total. The van der Waals surface area contributed by atoms with Crippen molar-refractivity contribution in [3.05, 3.63) is 53.1 Å². The van der Waals surface area contributed by atoms with Gasteiger partial charge in [0.25, 0.3) is 0 Å². The standard InChI is InChI=1S/C13H8ClNO/c14-10-8-12(9-4-2-1-3-5-9)15-11-6-7-16-13(10)11/h1-3,6-8H,4H2. The zero-order valence-corrected chi connectivity index (χ0v) is 9.16. The average molecular weight is 230 g/mol. The van der Waals surface area contributed by atoms with Crippen LogP contribution in [0, 0.1) is 0 Å². The first-order valence-electron chi connectivity index (χ1n) is 4.99. The van der Waals surface area contributed by atoms with Gasteiger partial charge in [-0.1, -0.05) is 23.8 Å². The Morgan fingerprint density at radius 1 is 1.44 bits per heavy atom. The van der Waals surface area contributed by atoms with Gasteiger partial charge in [-0.05, 0) is 12.1 Å². The molecule has 16 heavy (non-hydrogen) atoms. The van der Waals surface area contributed by atoms with E-state index in [2.05, 4.69) is 16.8 Å². The minimum Gasteiger partial charge on any atom is -0.461 e. The van der Waals surface area contributed by atoms with Crippen molar-refractivity contribution in [1.82, 2.24) is 4.98 Å². The predicted octanol–water partition coefficient (Wildman–Crippen LogP) is 3.98. The van der Waals surface area contributed by atoms with Crippen LogP contribution in [0.25, 0.3) is 16.7 Å². The number of furan rings is 1. The molecule has 0 unspecified atom stereocenters. The first-order chi connectivity index (χ1) is 7.84. The van der Waals surface area contributed by atoms with Crippen LogP contribution in [-0.2, 0) is 0 Å². The van der Waals surface area contributed by atoms with Crippen LogP contribution in [0.4, 0.5) is 0 Å². The average Bonchev–Trinajstić information content (AvgIpc) is 2.79. The lowest BCUT2D eigenvalue weighted by Gasteiger charge is -2.04. The third kappa shape index (κ3) is 1.49. The fraction of sp³-hybridized carbons (Fsp3) is 0.0769. The van der Waals surface area contributed by atoms with Crippen molar-refractivity contribution in [2.24, 2.45) is 0 Å². The topological polar surface area (TPSA) is 26.0 Å². The van der Waals surface area contributed by atoms with Crippen molar-refractivity contribution in [2.75, 3.05) is 0 Å².